The van der Waals surface area contributed by atoms with E-state index in [-0.39, 0.29) is 23.1 Å². The summed E-state index contributed by atoms with van der Waals surface area (Å²) in [5.74, 6) is -0.725. The summed E-state index contributed by atoms with van der Waals surface area (Å²) in [5.41, 5.74) is 0.181. The van der Waals surface area contributed by atoms with E-state index in [9.17, 15) is 19.7 Å². The number of nitro groups is 1. The van der Waals surface area contributed by atoms with Crippen LogP contribution in [-0.4, -0.2) is 29.1 Å². The lowest BCUT2D eigenvalue weighted by atomic mass is 10.2. The summed E-state index contributed by atoms with van der Waals surface area (Å²) in [6.45, 7) is 4.96. The maximum absolute atomic E-state index is 12.2. The molecule has 2 rings (SSSR count). The minimum Gasteiger partial charge on any atom is -0.479 e. The van der Waals surface area contributed by atoms with E-state index in [2.05, 4.69) is 0 Å². The van der Waals surface area contributed by atoms with Crippen LogP contribution in [0.1, 0.15) is 31.1 Å². The third kappa shape index (κ3) is 5.81. The first-order chi connectivity index (χ1) is 12.8. The molecule has 2 aromatic rings. The van der Waals surface area contributed by atoms with E-state index < -0.39 is 23.0 Å². The number of rotatable bonds is 7. The van der Waals surface area contributed by atoms with Gasteiger partial charge in [0.05, 0.1) is 16.6 Å². The molecule has 142 valence electrons. The number of non-ortho nitro benzene ring substituents is 1. The van der Waals surface area contributed by atoms with Crippen LogP contribution in [0.25, 0.3) is 0 Å². The first-order valence-corrected chi connectivity index (χ1v) is 8.20. The van der Waals surface area contributed by atoms with Crippen LogP contribution in [0, 0.1) is 10.1 Å². The summed E-state index contributed by atoms with van der Waals surface area (Å²) in [6, 6.07) is 11.4. The highest BCUT2D eigenvalue weighted by Gasteiger charge is 2.19. The average Bonchev–Trinajstić information content (AvgIpc) is 2.61. The molecule has 1 unspecified atom stereocenters. The Balaban J connectivity index is 1.99. The lowest BCUT2D eigenvalue weighted by molar-refractivity contribution is -0.384. The molecular formula is C19H19NO7. The van der Waals surface area contributed by atoms with E-state index in [0.717, 1.165) is 0 Å². The number of carbonyl (C=O) groups is 2. The third-order valence-corrected chi connectivity index (χ3v) is 3.32. The maximum atomic E-state index is 12.2. The van der Waals surface area contributed by atoms with Crippen molar-refractivity contribution in [1.29, 1.82) is 0 Å². The van der Waals surface area contributed by atoms with Crippen molar-refractivity contribution in [3.05, 3.63) is 64.2 Å². The Morgan fingerprint density at radius 3 is 2.26 bits per heavy atom. The van der Waals surface area contributed by atoms with E-state index in [1.807, 2.05) is 0 Å². The molecule has 8 heteroatoms. The molecule has 2 aromatic carbocycles. The second kappa shape index (κ2) is 8.79. The average molecular weight is 373 g/mol. The Kier molecular flexibility index (Phi) is 6.48. The van der Waals surface area contributed by atoms with Gasteiger partial charge in [-0.25, -0.2) is 9.59 Å². The topological polar surface area (TPSA) is 105 Å². The van der Waals surface area contributed by atoms with Gasteiger partial charge in [-0.1, -0.05) is 6.07 Å². The number of carbonyl (C=O) groups excluding carboxylic acids is 2. The molecule has 8 nitrogen and oxygen atoms in total. The monoisotopic (exact) mass is 373 g/mol. The van der Waals surface area contributed by atoms with Crippen molar-refractivity contribution in [3.63, 3.8) is 0 Å². The second-order valence-electron chi connectivity index (χ2n) is 5.91. The Bertz CT molecular complexity index is 830. The van der Waals surface area contributed by atoms with E-state index in [1.54, 1.807) is 26.0 Å². The van der Waals surface area contributed by atoms with Crippen LogP contribution in [0.2, 0.25) is 0 Å². The molecule has 1 atom stereocenters. The molecule has 0 aliphatic carbocycles. The highest BCUT2D eigenvalue weighted by molar-refractivity contribution is 5.90. The van der Waals surface area contributed by atoms with Gasteiger partial charge in [-0.05, 0) is 51.1 Å². The van der Waals surface area contributed by atoms with Gasteiger partial charge in [0.1, 0.15) is 11.5 Å². The van der Waals surface area contributed by atoms with Gasteiger partial charge in [-0.2, -0.15) is 0 Å². The number of hydrogen-bond donors (Lipinski definition) is 0. The molecule has 0 bridgehead atoms. The zero-order valence-corrected chi connectivity index (χ0v) is 15.1. The molecule has 0 aliphatic heterocycles. The van der Waals surface area contributed by atoms with Crippen molar-refractivity contribution in [2.24, 2.45) is 0 Å². The highest BCUT2D eigenvalue weighted by Crippen LogP contribution is 2.20. The van der Waals surface area contributed by atoms with Crippen molar-refractivity contribution < 1.29 is 28.7 Å². The van der Waals surface area contributed by atoms with Gasteiger partial charge in [0, 0.05) is 12.1 Å². The minimum atomic E-state index is -0.960. The van der Waals surface area contributed by atoms with E-state index in [0.29, 0.717) is 5.75 Å². The quantitative estimate of drug-likeness (QED) is 0.316. The van der Waals surface area contributed by atoms with Gasteiger partial charge < -0.3 is 14.2 Å². The molecule has 0 N–H and O–H groups in total. The van der Waals surface area contributed by atoms with Crippen molar-refractivity contribution in [2.45, 2.75) is 33.0 Å². The van der Waals surface area contributed by atoms with Gasteiger partial charge in [0.2, 0.25) is 0 Å². The molecule has 0 aromatic heterocycles. The smallest absolute Gasteiger partial charge is 0.352 e. The number of benzene rings is 2. The molecule has 0 saturated heterocycles. The van der Waals surface area contributed by atoms with Crippen LogP contribution >= 0.6 is 0 Å². The molecule has 0 aliphatic rings. The number of esters is 2. The number of nitrogens with zero attached hydrogens (tertiary/aromatic N) is 1. The molecule has 0 fully saturated rings. The van der Waals surface area contributed by atoms with Crippen molar-refractivity contribution >= 4 is 17.6 Å². The fourth-order valence-corrected chi connectivity index (χ4v) is 2.07. The lowest BCUT2D eigenvalue weighted by Gasteiger charge is -2.14. The van der Waals surface area contributed by atoms with Crippen molar-refractivity contribution in [3.8, 4) is 11.5 Å². The van der Waals surface area contributed by atoms with Crippen molar-refractivity contribution in [2.75, 3.05) is 0 Å². The van der Waals surface area contributed by atoms with Crippen LogP contribution in [0.4, 0.5) is 5.69 Å². The molecule has 0 amide bonds. The first-order valence-electron chi connectivity index (χ1n) is 8.20. The van der Waals surface area contributed by atoms with Gasteiger partial charge in [0.25, 0.3) is 5.69 Å². The second-order valence-corrected chi connectivity index (χ2v) is 5.91. The molecule has 0 spiro atoms. The zero-order valence-electron chi connectivity index (χ0n) is 15.1. The number of ether oxygens (including phenoxy) is 3. The number of hydrogen-bond acceptors (Lipinski definition) is 7. The zero-order chi connectivity index (χ0) is 20.0. The maximum Gasteiger partial charge on any atom is 0.352 e. The van der Waals surface area contributed by atoms with Gasteiger partial charge in [-0.3, -0.25) is 10.1 Å². The molecule has 0 heterocycles. The summed E-state index contributed by atoms with van der Waals surface area (Å²) in [6.07, 6.45) is -1.23. The molecule has 0 radical (unpaired) electrons. The van der Waals surface area contributed by atoms with Gasteiger partial charge in [-0.15, -0.1) is 0 Å². The van der Waals surface area contributed by atoms with Crippen LogP contribution < -0.4 is 9.47 Å². The third-order valence-electron chi connectivity index (χ3n) is 3.32. The summed E-state index contributed by atoms with van der Waals surface area (Å²) < 4.78 is 15.7. The SMILES string of the molecule is CC(C)OC(=O)c1cccc(OC(=O)C(C)Oc2ccc([N+](=O)[O-])cc2)c1. The Labute approximate surface area is 155 Å². The Hall–Kier alpha value is -3.42. The summed E-state index contributed by atoms with van der Waals surface area (Å²) >= 11 is 0. The van der Waals surface area contributed by atoms with Crippen LogP contribution in [0.15, 0.2) is 48.5 Å². The van der Waals surface area contributed by atoms with Gasteiger partial charge in [0.15, 0.2) is 6.10 Å². The summed E-state index contributed by atoms with van der Waals surface area (Å²) in [7, 11) is 0. The van der Waals surface area contributed by atoms with E-state index >= 15 is 0 Å². The van der Waals surface area contributed by atoms with Gasteiger partial charge >= 0.3 is 11.9 Å². The van der Waals surface area contributed by atoms with Crippen LogP contribution in [-0.2, 0) is 9.53 Å². The first kappa shape index (κ1) is 19.9. The van der Waals surface area contributed by atoms with E-state index in [1.165, 1.54) is 43.3 Å². The molecule has 0 saturated carbocycles. The van der Waals surface area contributed by atoms with Crippen molar-refractivity contribution in [1.82, 2.24) is 0 Å². The molecule has 27 heavy (non-hydrogen) atoms. The minimum absolute atomic E-state index is 0.0809. The lowest BCUT2D eigenvalue weighted by Crippen LogP contribution is -2.28. The Morgan fingerprint density at radius 2 is 1.67 bits per heavy atom. The fraction of sp³-hybridized carbons (Fsp3) is 0.263. The predicted molar refractivity (Wildman–Crippen MR) is 95.8 cm³/mol. The number of nitro benzene ring substituents is 1. The standard InChI is InChI=1S/C19H19NO7/c1-12(2)25-19(22)14-5-4-6-17(11-14)27-18(21)13(3)26-16-9-7-15(8-10-16)20(23)24/h4-13H,1-3H3. The summed E-state index contributed by atoms with van der Waals surface area (Å²) in [5, 5.41) is 10.6. The molecular weight excluding hydrogens is 354 g/mol. The van der Waals surface area contributed by atoms with Crippen LogP contribution in [0.3, 0.4) is 0 Å². The van der Waals surface area contributed by atoms with E-state index in [4.69, 9.17) is 14.2 Å². The predicted octanol–water partition coefficient (Wildman–Crippen LogP) is 3.53. The summed E-state index contributed by atoms with van der Waals surface area (Å²) in [4.78, 5) is 34.2. The Morgan fingerprint density at radius 1 is 1.00 bits per heavy atom. The fourth-order valence-electron chi connectivity index (χ4n) is 2.07. The highest BCUT2D eigenvalue weighted by atomic mass is 16.6. The van der Waals surface area contributed by atoms with Crippen LogP contribution in [0.5, 0.6) is 11.5 Å². The normalized spacial score (nSPS) is 11.6. The largest absolute Gasteiger partial charge is 0.479 e.